The van der Waals surface area contributed by atoms with Crippen molar-refractivity contribution in [1.82, 2.24) is 10.6 Å². The van der Waals surface area contributed by atoms with E-state index in [9.17, 15) is 9.59 Å². The van der Waals surface area contributed by atoms with Gasteiger partial charge in [-0.05, 0) is 60.4 Å². The standard InChI is InChI=1S/C19H21N3O2S2/c1-2-3-12-20-18(24)14-6-8-15(9-7-14)21-19(25)22-17(23)11-10-16-5-4-13-26-16/h4-11,13H,2-3,12H2,1H3,(H,20,24)(H2,21,22,23,25)/b11-10+. The van der Waals surface area contributed by atoms with Crippen molar-refractivity contribution in [3.8, 4) is 0 Å². The summed E-state index contributed by atoms with van der Waals surface area (Å²) in [6.07, 6.45) is 5.16. The molecule has 1 heterocycles. The monoisotopic (exact) mass is 387 g/mol. The third-order valence-corrected chi connectivity index (χ3v) is 4.44. The molecule has 0 bridgehead atoms. The van der Waals surface area contributed by atoms with Crippen LogP contribution in [0.2, 0.25) is 0 Å². The van der Waals surface area contributed by atoms with Crippen LogP contribution in [-0.2, 0) is 4.79 Å². The van der Waals surface area contributed by atoms with Gasteiger partial charge in [0.1, 0.15) is 0 Å². The van der Waals surface area contributed by atoms with E-state index in [0.29, 0.717) is 17.8 Å². The maximum Gasteiger partial charge on any atom is 0.251 e. The summed E-state index contributed by atoms with van der Waals surface area (Å²) < 4.78 is 0. The molecule has 2 aromatic rings. The molecule has 0 atom stereocenters. The number of hydrogen-bond donors (Lipinski definition) is 3. The highest BCUT2D eigenvalue weighted by molar-refractivity contribution is 7.80. The first-order chi connectivity index (χ1) is 12.6. The molecule has 0 spiro atoms. The van der Waals surface area contributed by atoms with Crippen LogP contribution in [0.1, 0.15) is 35.0 Å². The largest absolute Gasteiger partial charge is 0.352 e. The quantitative estimate of drug-likeness (QED) is 0.384. The molecule has 0 radical (unpaired) electrons. The second-order valence-electron chi connectivity index (χ2n) is 5.48. The Kier molecular flexibility index (Phi) is 7.98. The lowest BCUT2D eigenvalue weighted by molar-refractivity contribution is -0.115. The van der Waals surface area contributed by atoms with Gasteiger partial charge in [-0.3, -0.25) is 14.9 Å². The number of unbranched alkanes of at least 4 members (excludes halogenated alkanes) is 1. The Morgan fingerprint density at radius 2 is 1.96 bits per heavy atom. The van der Waals surface area contributed by atoms with Gasteiger partial charge in [0.05, 0.1) is 0 Å². The molecule has 2 rings (SSSR count). The SMILES string of the molecule is CCCCNC(=O)c1ccc(NC(=S)NC(=O)/C=C/c2cccs2)cc1. The molecule has 2 amide bonds. The van der Waals surface area contributed by atoms with Crippen molar-refractivity contribution in [2.24, 2.45) is 0 Å². The van der Waals surface area contributed by atoms with Crippen molar-refractivity contribution in [2.75, 3.05) is 11.9 Å². The second kappa shape index (κ2) is 10.5. The van der Waals surface area contributed by atoms with E-state index in [1.807, 2.05) is 17.5 Å². The molecule has 26 heavy (non-hydrogen) atoms. The van der Waals surface area contributed by atoms with Gasteiger partial charge >= 0.3 is 0 Å². The fraction of sp³-hybridized carbons (Fsp3) is 0.211. The van der Waals surface area contributed by atoms with Gasteiger partial charge < -0.3 is 10.6 Å². The summed E-state index contributed by atoms with van der Waals surface area (Å²) in [6, 6.07) is 10.8. The average Bonchev–Trinajstić information content (AvgIpc) is 3.14. The van der Waals surface area contributed by atoms with E-state index in [-0.39, 0.29) is 16.9 Å². The fourth-order valence-corrected chi connectivity index (χ4v) is 2.88. The first-order valence-electron chi connectivity index (χ1n) is 8.30. The molecule has 0 aliphatic carbocycles. The van der Waals surface area contributed by atoms with Crippen LogP contribution in [0.15, 0.2) is 47.9 Å². The summed E-state index contributed by atoms with van der Waals surface area (Å²) in [6.45, 7) is 2.75. The van der Waals surface area contributed by atoms with Gasteiger partial charge in [-0.1, -0.05) is 19.4 Å². The average molecular weight is 388 g/mol. The molecule has 3 N–H and O–H groups in total. The zero-order chi connectivity index (χ0) is 18.8. The molecular weight excluding hydrogens is 366 g/mol. The summed E-state index contributed by atoms with van der Waals surface area (Å²) in [4.78, 5) is 24.8. The molecular formula is C19H21N3O2S2. The van der Waals surface area contributed by atoms with Crippen LogP contribution in [-0.4, -0.2) is 23.5 Å². The third kappa shape index (κ3) is 6.78. The molecule has 0 saturated heterocycles. The number of carbonyl (C=O) groups is 2. The number of thiocarbonyl (C=S) groups is 1. The number of hydrogen-bond acceptors (Lipinski definition) is 4. The molecule has 1 aromatic carbocycles. The molecule has 0 aliphatic rings. The highest BCUT2D eigenvalue weighted by atomic mass is 32.1. The summed E-state index contributed by atoms with van der Waals surface area (Å²) in [7, 11) is 0. The Morgan fingerprint density at radius 1 is 1.19 bits per heavy atom. The van der Waals surface area contributed by atoms with Gasteiger partial charge in [0.25, 0.3) is 5.91 Å². The van der Waals surface area contributed by atoms with Crippen LogP contribution in [0, 0.1) is 0 Å². The van der Waals surface area contributed by atoms with Gasteiger partial charge in [-0.2, -0.15) is 0 Å². The Labute approximate surface area is 162 Å². The van der Waals surface area contributed by atoms with E-state index in [4.69, 9.17) is 12.2 Å². The first-order valence-corrected chi connectivity index (χ1v) is 9.59. The lowest BCUT2D eigenvalue weighted by Gasteiger charge is -2.09. The van der Waals surface area contributed by atoms with Crippen molar-refractivity contribution in [2.45, 2.75) is 19.8 Å². The van der Waals surface area contributed by atoms with Crippen molar-refractivity contribution in [3.63, 3.8) is 0 Å². The van der Waals surface area contributed by atoms with Gasteiger partial charge in [0.2, 0.25) is 5.91 Å². The van der Waals surface area contributed by atoms with Crippen LogP contribution in [0.25, 0.3) is 6.08 Å². The van der Waals surface area contributed by atoms with E-state index in [0.717, 1.165) is 17.7 Å². The van der Waals surface area contributed by atoms with Crippen LogP contribution < -0.4 is 16.0 Å². The minimum absolute atomic E-state index is 0.0976. The van der Waals surface area contributed by atoms with E-state index in [1.165, 1.54) is 6.08 Å². The maximum absolute atomic E-state index is 11.9. The topological polar surface area (TPSA) is 70.2 Å². The first kappa shape index (κ1) is 19.8. The number of anilines is 1. The number of thiophene rings is 1. The predicted octanol–water partition coefficient (Wildman–Crippen LogP) is 3.80. The Hall–Kier alpha value is -2.51. The molecule has 136 valence electrons. The number of carbonyl (C=O) groups excluding carboxylic acids is 2. The van der Waals surface area contributed by atoms with Gasteiger partial charge in [-0.25, -0.2) is 0 Å². The number of amides is 2. The molecule has 7 heteroatoms. The van der Waals surface area contributed by atoms with E-state index < -0.39 is 0 Å². The molecule has 1 aromatic heterocycles. The zero-order valence-electron chi connectivity index (χ0n) is 14.5. The maximum atomic E-state index is 11.9. The van der Waals surface area contributed by atoms with Crippen molar-refractivity contribution < 1.29 is 9.59 Å². The number of rotatable bonds is 7. The molecule has 5 nitrogen and oxygen atoms in total. The van der Waals surface area contributed by atoms with E-state index in [2.05, 4.69) is 22.9 Å². The van der Waals surface area contributed by atoms with Crippen LogP contribution in [0.5, 0.6) is 0 Å². The van der Waals surface area contributed by atoms with Crippen molar-refractivity contribution >= 4 is 52.2 Å². The molecule has 0 fully saturated rings. The normalized spacial score (nSPS) is 10.5. The smallest absolute Gasteiger partial charge is 0.251 e. The molecule has 0 saturated carbocycles. The number of benzene rings is 1. The third-order valence-electron chi connectivity index (χ3n) is 3.40. The molecule has 0 unspecified atom stereocenters. The lowest BCUT2D eigenvalue weighted by atomic mass is 10.2. The highest BCUT2D eigenvalue weighted by Gasteiger charge is 2.06. The Bertz CT molecular complexity index is 769. The predicted molar refractivity (Wildman–Crippen MR) is 111 cm³/mol. The van der Waals surface area contributed by atoms with Gasteiger partial charge in [0.15, 0.2) is 5.11 Å². The number of nitrogens with one attached hydrogen (secondary N) is 3. The van der Waals surface area contributed by atoms with Gasteiger partial charge in [0, 0.05) is 28.7 Å². The zero-order valence-corrected chi connectivity index (χ0v) is 16.1. The Morgan fingerprint density at radius 3 is 2.62 bits per heavy atom. The van der Waals surface area contributed by atoms with Crippen molar-refractivity contribution in [3.05, 3.63) is 58.3 Å². The molecule has 0 aliphatic heterocycles. The highest BCUT2D eigenvalue weighted by Crippen LogP contribution is 2.11. The fourth-order valence-electron chi connectivity index (χ4n) is 2.05. The summed E-state index contributed by atoms with van der Waals surface area (Å²) in [5, 5.41) is 10.5. The van der Waals surface area contributed by atoms with E-state index >= 15 is 0 Å². The van der Waals surface area contributed by atoms with Crippen LogP contribution in [0.3, 0.4) is 0 Å². The minimum atomic E-state index is -0.303. The van der Waals surface area contributed by atoms with Crippen LogP contribution >= 0.6 is 23.6 Å². The summed E-state index contributed by atoms with van der Waals surface area (Å²) in [5.74, 6) is -0.401. The van der Waals surface area contributed by atoms with Gasteiger partial charge in [-0.15, -0.1) is 11.3 Å². The summed E-state index contributed by atoms with van der Waals surface area (Å²) in [5.41, 5.74) is 1.28. The van der Waals surface area contributed by atoms with Crippen LogP contribution in [0.4, 0.5) is 5.69 Å². The second-order valence-corrected chi connectivity index (χ2v) is 6.87. The Balaban J connectivity index is 1.81. The minimum Gasteiger partial charge on any atom is -0.352 e. The summed E-state index contributed by atoms with van der Waals surface area (Å²) >= 11 is 6.68. The van der Waals surface area contributed by atoms with E-state index in [1.54, 1.807) is 41.7 Å². The lowest BCUT2D eigenvalue weighted by Crippen LogP contribution is -2.32. The van der Waals surface area contributed by atoms with Crippen molar-refractivity contribution in [1.29, 1.82) is 0 Å².